The predicted octanol–water partition coefficient (Wildman–Crippen LogP) is 3.22. The molecule has 0 radical (unpaired) electrons. The molecular formula is C20H24F2N4O. The van der Waals surface area contributed by atoms with Crippen molar-refractivity contribution >= 4 is 5.95 Å². The van der Waals surface area contributed by atoms with Crippen LogP contribution in [0.5, 0.6) is 5.75 Å². The second-order valence-corrected chi connectivity index (χ2v) is 7.51. The van der Waals surface area contributed by atoms with E-state index < -0.39 is 11.3 Å². The molecule has 2 aromatic rings. The lowest BCUT2D eigenvalue weighted by atomic mass is 9.75. The molecule has 2 saturated heterocycles. The van der Waals surface area contributed by atoms with Gasteiger partial charge in [-0.3, -0.25) is 4.90 Å². The van der Waals surface area contributed by atoms with Crippen LogP contribution in [-0.2, 0) is 6.54 Å². The second-order valence-electron chi connectivity index (χ2n) is 7.51. The standard InChI is InChI=1S/C20H24F2N4O/c1-27-17-5-3-16(4-6-17)13-25-11-8-20(21,22)19(14-25)7-12-26(15-19)18-23-9-2-10-24-18/h2-6,9-10H,7-8,11-15H2,1H3. The molecule has 1 aromatic heterocycles. The quantitative estimate of drug-likeness (QED) is 0.822. The van der Waals surface area contributed by atoms with E-state index in [1.807, 2.05) is 29.2 Å². The maximum absolute atomic E-state index is 15.0. The van der Waals surface area contributed by atoms with Crippen molar-refractivity contribution in [2.24, 2.45) is 5.41 Å². The van der Waals surface area contributed by atoms with Crippen LogP contribution in [0.4, 0.5) is 14.7 Å². The van der Waals surface area contributed by atoms with E-state index in [0.717, 1.165) is 11.3 Å². The first-order chi connectivity index (χ1) is 13.0. The van der Waals surface area contributed by atoms with Crippen molar-refractivity contribution in [3.8, 4) is 5.75 Å². The molecule has 4 rings (SSSR count). The largest absolute Gasteiger partial charge is 0.497 e. The minimum atomic E-state index is -2.67. The Hall–Kier alpha value is -2.28. The smallest absolute Gasteiger partial charge is 0.257 e. The van der Waals surface area contributed by atoms with E-state index in [0.29, 0.717) is 45.1 Å². The summed E-state index contributed by atoms with van der Waals surface area (Å²) in [6.07, 6.45) is 3.66. The molecule has 144 valence electrons. The molecule has 1 atom stereocenters. The van der Waals surface area contributed by atoms with E-state index in [-0.39, 0.29) is 6.42 Å². The molecule has 2 aliphatic rings. The van der Waals surface area contributed by atoms with Gasteiger partial charge in [-0.05, 0) is 30.2 Å². The van der Waals surface area contributed by atoms with Gasteiger partial charge in [0.1, 0.15) is 5.75 Å². The van der Waals surface area contributed by atoms with Gasteiger partial charge in [-0.15, -0.1) is 0 Å². The Balaban J connectivity index is 1.49. The van der Waals surface area contributed by atoms with Crippen molar-refractivity contribution in [2.75, 3.05) is 38.2 Å². The fourth-order valence-corrected chi connectivity index (χ4v) is 4.24. The van der Waals surface area contributed by atoms with E-state index in [1.165, 1.54) is 0 Å². The number of alkyl halides is 2. The highest BCUT2D eigenvalue weighted by Gasteiger charge is 2.59. The number of methoxy groups -OCH3 is 1. The summed E-state index contributed by atoms with van der Waals surface area (Å²) in [4.78, 5) is 12.5. The number of piperidine rings is 1. The summed E-state index contributed by atoms with van der Waals surface area (Å²) in [6, 6.07) is 9.55. The number of hydrogen-bond donors (Lipinski definition) is 0. The Morgan fingerprint density at radius 3 is 2.48 bits per heavy atom. The number of benzene rings is 1. The highest BCUT2D eigenvalue weighted by molar-refractivity contribution is 5.33. The fraction of sp³-hybridized carbons (Fsp3) is 0.500. The van der Waals surface area contributed by atoms with Crippen LogP contribution in [0.1, 0.15) is 18.4 Å². The number of ether oxygens (including phenoxy) is 1. The van der Waals surface area contributed by atoms with Gasteiger partial charge in [0, 0.05) is 51.5 Å². The normalized spacial score (nSPS) is 25.1. The van der Waals surface area contributed by atoms with Gasteiger partial charge in [0.15, 0.2) is 0 Å². The number of rotatable bonds is 4. The lowest BCUT2D eigenvalue weighted by Crippen LogP contribution is -2.56. The summed E-state index contributed by atoms with van der Waals surface area (Å²) >= 11 is 0. The number of aromatic nitrogens is 2. The van der Waals surface area contributed by atoms with Crippen LogP contribution < -0.4 is 9.64 Å². The van der Waals surface area contributed by atoms with E-state index in [1.54, 1.807) is 25.6 Å². The third kappa shape index (κ3) is 3.48. The van der Waals surface area contributed by atoms with Crippen LogP contribution in [-0.4, -0.2) is 54.1 Å². The van der Waals surface area contributed by atoms with Crippen LogP contribution in [0.15, 0.2) is 42.7 Å². The summed E-state index contributed by atoms with van der Waals surface area (Å²) in [7, 11) is 1.63. The van der Waals surface area contributed by atoms with Gasteiger partial charge in [-0.2, -0.15) is 0 Å². The zero-order chi connectivity index (χ0) is 18.9. The maximum Gasteiger partial charge on any atom is 0.257 e. The molecule has 5 nitrogen and oxygen atoms in total. The SMILES string of the molecule is COc1ccc(CN2CCC(F)(F)C3(CCN(c4ncccn4)C3)C2)cc1. The van der Waals surface area contributed by atoms with Crippen molar-refractivity contribution in [1.29, 1.82) is 0 Å². The van der Waals surface area contributed by atoms with Crippen molar-refractivity contribution in [2.45, 2.75) is 25.3 Å². The van der Waals surface area contributed by atoms with Crippen LogP contribution in [0.2, 0.25) is 0 Å². The number of likely N-dealkylation sites (tertiary alicyclic amines) is 1. The number of nitrogens with zero attached hydrogens (tertiary/aromatic N) is 4. The predicted molar refractivity (Wildman–Crippen MR) is 99.1 cm³/mol. The van der Waals surface area contributed by atoms with E-state index in [4.69, 9.17) is 4.74 Å². The molecule has 3 heterocycles. The Bertz CT molecular complexity index is 771. The van der Waals surface area contributed by atoms with Gasteiger partial charge < -0.3 is 9.64 Å². The molecule has 2 fully saturated rings. The summed E-state index contributed by atoms with van der Waals surface area (Å²) in [6.45, 7) is 2.32. The molecular weight excluding hydrogens is 350 g/mol. The fourth-order valence-electron chi connectivity index (χ4n) is 4.24. The zero-order valence-corrected chi connectivity index (χ0v) is 15.4. The maximum atomic E-state index is 15.0. The van der Waals surface area contributed by atoms with Crippen LogP contribution >= 0.6 is 0 Å². The first-order valence-corrected chi connectivity index (χ1v) is 9.26. The highest BCUT2D eigenvalue weighted by Crippen LogP contribution is 2.50. The monoisotopic (exact) mass is 374 g/mol. The summed E-state index contributed by atoms with van der Waals surface area (Å²) in [5.41, 5.74) is 0.0640. The Morgan fingerprint density at radius 2 is 1.78 bits per heavy atom. The van der Waals surface area contributed by atoms with Gasteiger partial charge in [0.05, 0.1) is 12.5 Å². The molecule has 2 aliphatic heterocycles. The highest BCUT2D eigenvalue weighted by atomic mass is 19.3. The molecule has 0 saturated carbocycles. The summed E-state index contributed by atoms with van der Waals surface area (Å²) in [5, 5.41) is 0. The molecule has 27 heavy (non-hydrogen) atoms. The lowest BCUT2D eigenvalue weighted by Gasteiger charge is -2.46. The number of halogens is 2. The summed E-state index contributed by atoms with van der Waals surface area (Å²) in [5.74, 6) is -1.33. The first-order valence-electron chi connectivity index (χ1n) is 9.26. The Labute approximate surface area is 158 Å². The molecule has 7 heteroatoms. The van der Waals surface area contributed by atoms with Crippen molar-refractivity contribution in [1.82, 2.24) is 14.9 Å². The van der Waals surface area contributed by atoms with E-state index in [9.17, 15) is 8.78 Å². The van der Waals surface area contributed by atoms with Gasteiger partial charge in [-0.25, -0.2) is 18.7 Å². The van der Waals surface area contributed by atoms with Gasteiger partial charge in [-0.1, -0.05) is 12.1 Å². The lowest BCUT2D eigenvalue weighted by molar-refractivity contribution is -0.158. The average molecular weight is 374 g/mol. The molecule has 1 aromatic carbocycles. The minimum Gasteiger partial charge on any atom is -0.497 e. The van der Waals surface area contributed by atoms with Gasteiger partial charge in [0.25, 0.3) is 5.92 Å². The van der Waals surface area contributed by atoms with Gasteiger partial charge in [0.2, 0.25) is 5.95 Å². The molecule has 1 unspecified atom stereocenters. The number of hydrogen-bond acceptors (Lipinski definition) is 5. The van der Waals surface area contributed by atoms with E-state index >= 15 is 0 Å². The van der Waals surface area contributed by atoms with Crippen molar-refractivity contribution < 1.29 is 13.5 Å². The zero-order valence-electron chi connectivity index (χ0n) is 15.4. The third-order valence-corrected chi connectivity index (χ3v) is 5.80. The van der Waals surface area contributed by atoms with Gasteiger partial charge >= 0.3 is 0 Å². The third-order valence-electron chi connectivity index (χ3n) is 5.80. The topological polar surface area (TPSA) is 41.5 Å². The van der Waals surface area contributed by atoms with Crippen LogP contribution in [0, 0.1) is 5.41 Å². The van der Waals surface area contributed by atoms with Crippen molar-refractivity contribution in [3.63, 3.8) is 0 Å². The molecule has 1 spiro atoms. The number of anilines is 1. The molecule has 0 amide bonds. The van der Waals surface area contributed by atoms with Crippen molar-refractivity contribution in [3.05, 3.63) is 48.3 Å². The molecule has 0 aliphatic carbocycles. The van der Waals surface area contributed by atoms with Crippen LogP contribution in [0.3, 0.4) is 0 Å². The molecule has 0 bridgehead atoms. The Morgan fingerprint density at radius 1 is 1.04 bits per heavy atom. The second kappa shape index (κ2) is 7.03. The van der Waals surface area contributed by atoms with E-state index in [2.05, 4.69) is 14.9 Å². The Kier molecular flexibility index (Phi) is 4.72. The molecule has 0 N–H and O–H groups in total. The average Bonchev–Trinajstić information content (AvgIpc) is 3.12. The minimum absolute atomic E-state index is 0.105. The summed E-state index contributed by atoms with van der Waals surface area (Å²) < 4.78 is 35.1. The first kappa shape index (κ1) is 18.1. The van der Waals surface area contributed by atoms with Crippen LogP contribution in [0.25, 0.3) is 0 Å².